The maximum atomic E-state index is 11.7. The number of nitrogens with one attached hydrogen (secondary N) is 2. The molecule has 0 radical (unpaired) electrons. The Labute approximate surface area is 119 Å². The Morgan fingerprint density at radius 2 is 2.05 bits per heavy atom. The zero-order valence-corrected chi connectivity index (χ0v) is 12.3. The van der Waals surface area contributed by atoms with Crippen LogP contribution in [0.1, 0.15) is 43.0 Å². The van der Waals surface area contributed by atoms with Crippen LogP contribution in [0, 0.1) is 5.92 Å². The first-order valence-corrected chi connectivity index (χ1v) is 7.27. The van der Waals surface area contributed by atoms with Gasteiger partial charge in [-0.1, -0.05) is 31.4 Å². The second-order valence-corrected chi connectivity index (χ2v) is 5.69. The average Bonchev–Trinajstić information content (AvgIpc) is 2.42. The lowest BCUT2D eigenvalue weighted by atomic mass is 9.86. The molecular weight excluding hydrogens is 260 g/mol. The van der Waals surface area contributed by atoms with Crippen molar-refractivity contribution in [2.75, 3.05) is 12.4 Å². The van der Waals surface area contributed by atoms with Gasteiger partial charge in [-0.05, 0) is 37.0 Å². The first-order valence-electron chi connectivity index (χ1n) is 6.90. The summed E-state index contributed by atoms with van der Waals surface area (Å²) in [5.41, 5.74) is 1.50. The van der Waals surface area contributed by atoms with Crippen LogP contribution >= 0.6 is 11.6 Å². The molecule has 2 unspecified atom stereocenters. The number of amides is 1. The van der Waals surface area contributed by atoms with Crippen LogP contribution < -0.4 is 10.6 Å². The molecule has 2 atom stereocenters. The Morgan fingerprint density at radius 3 is 2.74 bits per heavy atom. The van der Waals surface area contributed by atoms with Crippen molar-refractivity contribution >= 4 is 23.2 Å². The van der Waals surface area contributed by atoms with Crippen LogP contribution in [-0.2, 0) is 0 Å². The minimum atomic E-state index is -0.148. The van der Waals surface area contributed by atoms with Crippen LogP contribution in [0.5, 0.6) is 0 Å². The molecule has 1 aliphatic carbocycles. The lowest BCUT2D eigenvalue weighted by Crippen LogP contribution is -2.30. The van der Waals surface area contributed by atoms with E-state index in [1.165, 1.54) is 25.7 Å². The zero-order chi connectivity index (χ0) is 13.8. The molecule has 0 spiro atoms. The maximum Gasteiger partial charge on any atom is 0.252 e. The van der Waals surface area contributed by atoms with Crippen LogP contribution in [0.3, 0.4) is 0 Å². The monoisotopic (exact) mass is 280 g/mol. The highest BCUT2D eigenvalue weighted by Crippen LogP contribution is 2.28. The average molecular weight is 281 g/mol. The van der Waals surface area contributed by atoms with Gasteiger partial charge in [0.05, 0.1) is 10.6 Å². The molecule has 4 heteroatoms. The van der Waals surface area contributed by atoms with Crippen molar-refractivity contribution < 1.29 is 4.79 Å². The molecule has 3 nitrogen and oxygen atoms in total. The molecule has 1 fully saturated rings. The molecule has 0 saturated heterocycles. The second kappa shape index (κ2) is 6.29. The normalized spacial score (nSPS) is 22.9. The summed E-state index contributed by atoms with van der Waals surface area (Å²) < 4.78 is 0. The van der Waals surface area contributed by atoms with E-state index in [1.54, 1.807) is 13.1 Å². The quantitative estimate of drug-likeness (QED) is 0.887. The summed E-state index contributed by atoms with van der Waals surface area (Å²) in [4.78, 5) is 11.7. The maximum absolute atomic E-state index is 11.7. The van der Waals surface area contributed by atoms with E-state index in [2.05, 4.69) is 17.6 Å². The summed E-state index contributed by atoms with van der Waals surface area (Å²) in [7, 11) is 1.61. The first-order chi connectivity index (χ1) is 9.11. The number of carbonyl (C=O) groups excluding carboxylic acids is 1. The van der Waals surface area contributed by atoms with Gasteiger partial charge in [0.15, 0.2) is 0 Å². The van der Waals surface area contributed by atoms with Crippen LogP contribution in [0.4, 0.5) is 5.69 Å². The van der Waals surface area contributed by atoms with Crippen molar-refractivity contribution in [2.24, 2.45) is 5.92 Å². The van der Waals surface area contributed by atoms with Gasteiger partial charge in [0.25, 0.3) is 5.91 Å². The van der Waals surface area contributed by atoms with Gasteiger partial charge in [-0.25, -0.2) is 0 Å². The lowest BCUT2D eigenvalue weighted by Gasteiger charge is -2.30. The minimum Gasteiger partial charge on any atom is -0.382 e. The lowest BCUT2D eigenvalue weighted by molar-refractivity contribution is 0.0963. The van der Waals surface area contributed by atoms with Crippen molar-refractivity contribution in [2.45, 2.75) is 38.6 Å². The number of hydrogen-bond donors (Lipinski definition) is 2. The van der Waals surface area contributed by atoms with Gasteiger partial charge in [0.1, 0.15) is 0 Å². The molecule has 1 amide bonds. The molecule has 19 heavy (non-hydrogen) atoms. The van der Waals surface area contributed by atoms with Gasteiger partial charge in [-0.2, -0.15) is 0 Å². The molecule has 104 valence electrons. The van der Waals surface area contributed by atoms with E-state index in [4.69, 9.17) is 11.6 Å². The van der Waals surface area contributed by atoms with Crippen molar-refractivity contribution in [3.63, 3.8) is 0 Å². The highest BCUT2D eigenvalue weighted by Gasteiger charge is 2.21. The van der Waals surface area contributed by atoms with Gasteiger partial charge in [0, 0.05) is 18.8 Å². The summed E-state index contributed by atoms with van der Waals surface area (Å²) in [6.07, 6.45) is 5.06. The van der Waals surface area contributed by atoms with Gasteiger partial charge in [0.2, 0.25) is 0 Å². The Balaban J connectivity index is 2.14. The fourth-order valence-corrected chi connectivity index (χ4v) is 2.87. The number of carbonyl (C=O) groups is 1. The molecule has 1 saturated carbocycles. The standard InChI is InChI=1S/C15H21ClN2O/c1-10-5-3-4-6-14(10)18-11-7-8-13(16)12(9-11)15(19)17-2/h7-10,14,18H,3-6H2,1-2H3,(H,17,19). The van der Waals surface area contributed by atoms with E-state index in [9.17, 15) is 4.79 Å². The summed E-state index contributed by atoms with van der Waals surface area (Å²) in [6, 6.07) is 6.05. The molecular formula is C15H21ClN2O. The molecule has 0 aromatic heterocycles. The predicted octanol–water partition coefficient (Wildman–Crippen LogP) is 3.69. The number of rotatable bonds is 3. The Kier molecular flexibility index (Phi) is 4.70. The smallest absolute Gasteiger partial charge is 0.252 e. The fourth-order valence-electron chi connectivity index (χ4n) is 2.67. The molecule has 1 aliphatic rings. The number of anilines is 1. The predicted molar refractivity (Wildman–Crippen MR) is 79.9 cm³/mol. The molecule has 0 heterocycles. The third-order valence-electron chi connectivity index (χ3n) is 3.90. The zero-order valence-electron chi connectivity index (χ0n) is 11.5. The molecule has 1 aromatic carbocycles. The van der Waals surface area contributed by atoms with Gasteiger partial charge < -0.3 is 10.6 Å². The van der Waals surface area contributed by atoms with Crippen LogP contribution in [-0.4, -0.2) is 19.0 Å². The summed E-state index contributed by atoms with van der Waals surface area (Å²) in [5.74, 6) is 0.526. The van der Waals surface area contributed by atoms with Crippen LogP contribution in [0.15, 0.2) is 18.2 Å². The van der Waals surface area contributed by atoms with E-state index in [1.807, 2.05) is 12.1 Å². The van der Waals surface area contributed by atoms with E-state index in [-0.39, 0.29) is 5.91 Å². The Bertz CT molecular complexity index is 461. The van der Waals surface area contributed by atoms with Crippen molar-refractivity contribution in [1.82, 2.24) is 5.32 Å². The molecule has 0 aliphatic heterocycles. The molecule has 0 bridgehead atoms. The van der Waals surface area contributed by atoms with Crippen molar-refractivity contribution in [3.05, 3.63) is 28.8 Å². The summed E-state index contributed by atoms with van der Waals surface area (Å²) in [5, 5.41) is 6.64. The Hall–Kier alpha value is -1.22. The highest BCUT2D eigenvalue weighted by molar-refractivity contribution is 6.34. The van der Waals surface area contributed by atoms with Gasteiger partial charge >= 0.3 is 0 Å². The van der Waals surface area contributed by atoms with E-state index in [0.29, 0.717) is 22.5 Å². The number of benzene rings is 1. The van der Waals surface area contributed by atoms with Crippen LogP contribution in [0.2, 0.25) is 5.02 Å². The minimum absolute atomic E-state index is 0.148. The van der Waals surface area contributed by atoms with Crippen molar-refractivity contribution in [3.8, 4) is 0 Å². The van der Waals surface area contributed by atoms with E-state index < -0.39 is 0 Å². The SMILES string of the molecule is CNC(=O)c1cc(NC2CCCCC2C)ccc1Cl. The summed E-state index contributed by atoms with van der Waals surface area (Å²) in [6.45, 7) is 2.28. The molecule has 2 N–H and O–H groups in total. The first kappa shape index (κ1) is 14.2. The fraction of sp³-hybridized carbons (Fsp3) is 0.533. The van der Waals surface area contributed by atoms with Gasteiger partial charge in [-0.15, -0.1) is 0 Å². The number of hydrogen-bond acceptors (Lipinski definition) is 2. The van der Waals surface area contributed by atoms with E-state index in [0.717, 1.165) is 5.69 Å². The largest absolute Gasteiger partial charge is 0.382 e. The van der Waals surface area contributed by atoms with E-state index >= 15 is 0 Å². The molecule has 2 rings (SSSR count). The highest BCUT2D eigenvalue weighted by atomic mass is 35.5. The molecule has 1 aromatic rings. The summed E-state index contributed by atoms with van der Waals surface area (Å²) >= 11 is 6.05. The number of halogens is 1. The van der Waals surface area contributed by atoms with Crippen molar-refractivity contribution in [1.29, 1.82) is 0 Å². The van der Waals surface area contributed by atoms with Gasteiger partial charge in [-0.3, -0.25) is 4.79 Å². The topological polar surface area (TPSA) is 41.1 Å². The Morgan fingerprint density at radius 1 is 1.32 bits per heavy atom. The third kappa shape index (κ3) is 3.41. The van der Waals surface area contributed by atoms with Crippen LogP contribution in [0.25, 0.3) is 0 Å². The second-order valence-electron chi connectivity index (χ2n) is 5.29. The third-order valence-corrected chi connectivity index (χ3v) is 4.23.